The van der Waals surface area contributed by atoms with Crippen molar-refractivity contribution in [3.8, 4) is 16.9 Å². The highest BCUT2D eigenvalue weighted by molar-refractivity contribution is 5.66. The monoisotopic (exact) mass is 254 g/mol. The number of benzene rings is 1. The number of alkyl halides is 3. The molecule has 1 aromatic carbocycles. The van der Waals surface area contributed by atoms with Crippen LogP contribution in [0.1, 0.15) is 5.56 Å². The molecule has 94 valence electrons. The Morgan fingerprint density at radius 3 is 2.17 bits per heavy atom. The molecule has 1 aromatic heterocycles. The Kier molecular flexibility index (Phi) is 2.86. The number of aromatic hydroxyl groups is 1. The smallest absolute Gasteiger partial charge is 0.416 e. The fraction of sp³-hybridized carbons (Fsp3) is 0.0833. The Balaban J connectivity index is 2.37. The molecule has 1 heterocycles. The topological polar surface area (TPSA) is 59.1 Å². The molecular formula is C12H9F3N2O. The standard InChI is InChI=1S/C12H9F3N2O/c13-12(14,15)9-3-1-7(2-4-9)8-5-10(18)11(16)17-6-8/h1-6,18H,(H2,16,17). The number of pyridine rings is 1. The molecule has 0 bridgehead atoms. The van der Waals surface area contributed by atoms with Crippen LogP contribution < -0.4 is 5.73 Å². The molecular weight excluding hydrogens is 245 g/mol. The van der Waals surface area contributed by atoms with Gasteiger partial charge < -0.3 is 10.8 Å². The average Bonchev–Trinajstić information content (AvgIpc) is 2.32. The van der Waals surface area contributed by atoms with Crippen molar-refractivity contribution in [1.82, 2.24) is 4.98 Å². The first-order valence-electron chi connectivity index (χ1n) is 5.00. The number of hydrogen-bond acceptors (Lipinski definition) is 3. The molecule has 0 saturated heterocycles. The van der Waals surface area contributed by atoms with Crippen LogP contribution in [0.2, 0.25) is 0 Å². The van der Waals surface area contributed by atoms with Gasteiger partial charge in [-0.2, -0.15) is 13.2 Å². The molecule has 0 aliphatic heterocycles. The fourth-order valence-corrected chi connectivity index (χ4v) is 1.47. The van der Waals surface area contributed by atoms with Gasteiger partial charge in [0.05, 0.1) is 5.56 Å². The molecule has 18 heavy (non-hydrogen) atoms. The van der Waals surface area contributed by atoms with Gasteiger partial charge in [-0.05, 0) is 23.8 Å². The molecule has 0 aliphatic rings. The van der Waals surface area contributed by atoms with E-state index in [1.807, 2.05) is 0 Å². The zero-order chi connectivity index (χ0) is 13.3. The van der Waals surface area contributed by atoms with Crippen molar-refractivity contribution in [2.75, 3.05) is 5.73 Å². The molecule has 3 nitrogen and oxygen atoms in total. The van der Waals surface area contributed by atoms with E-state index in [-0.39, 0.29) is 11.6 Å². The van der Waals surface area contributed by atoms with Crippen LogP contribution in [0.3, 0.4) is 0 Å². The first-order valence-corrected chi connectivity index (χ1v) is 5.00. The number of hydrogen-bond donors (Lipinski definition) is 2. The Hall–Kier alpha value is -2.24. The second-order valence-electron chi connectivity index (χ2n) is 3.70. The maximum Gasteiger partial charge on any atom is 0.416 e. The Morgan fingerprint density at radius 1 is 1.06 bits per heavy atom. The van der Waals surface area contributed by atoms with Crippen LogP contribution in [0.15, 0.2) is 36.5 Å². The van der Waals surface area contributed by atoms with E-state index in [9.17, 15) is 18.3 Å². The van der Waals surface area contributed by atoms with Crippen molar-refractivity contribution >= 4 is 5.82 Å². The Morgan fingerprint density at radius 2 is 1.67 bits per heavy atom. The van der Waals surface area contributed by atoms with E-state index in [4.69, 9.17) is 5.73 Å². The predicted octanol–water partition coefficient (Wildman–Crippen LogP) is 3.06. The number of nitrogens with two attached hydrogens (primary N) is 1. The average molecular weight is 254 g/mol. The molecule has 0 atom stereocenters. The van der Waals surface area contributed by atoms with Gasteiger partial charge in [0.15, 0.2) is 11.6 Å². The lowest BCUT2D eigenvalue weighted by atomic mass is 10.1. The summed E-state index contributed by atoms with van der Waals surface area (Å²) in [7, 11) is 0. The highest BCUT2D eigenvalue weighted by atomic mass is 19.4. The quantitative estimate of drug-likeness (QED) is 0.822. The van der Waals surface area contributed by atoms with E-state index >= 15 is 0 Å². The first-order chi connectivity index (χ1) is 8.38. The third-order valence-electron chi connectivity index (χ3n) is 2.44. The van der Waals surface area contributed by atoms with Crippen LogP contribution >= 0.6 is 0 Å². The lowest BCUT2D eigenvalue weighted by molar-refractivity contribution is -0.137. The van der Waals surface area contributed by atoms with Crippen molar-refractivity contribution in [3.05, 3.63) is 42.1 Å². The number of aromatic nitrogens is 1. The maximum atomic E-state index is 12.4. The van der Waals surface area contributed by atoms with Gasteiger partial charge in [-0.1, -0.05) is 12.1 Å². The number of rotatable bonds is 1. The largest absolute Gasteiger partial charge is 0.504 e. The molecule has 0 saturated carbocycles. The lowest BCUT2D eigenvalue weighted by Crippen LogP contribution is -2.04. The Labute approximate surface area is 101 Å². The summed E-state index contributed by atoms with van der Waals surface area (Å²) in [5, 5.41) is 9.38. The lowest BCUT2D eigenvalue weighted by Gasteiger charge is -2.08. The molecule has 0 fully saturated rings. The highest BCUT2D eigenvalue weighted by Crippen LogP contribution is 2.31. The van der Waals surface area contributed by atoms with Gasteiger partial charge in [-0.3, -0.25) is 0 Å². The summed E-state index contributed by atoms with van der Waals surface area (Å²) in [6.45, 7) is 0. The minimum Gasteiger partial charge on any atom is -0.504 e. The van der Waals surface area contributed by atoms with Crippen LogP contribution in [0.5, 0.6) is 5.75 Å². The molecule has 6 heteroatoms. The number of anilines is 1. The third-order valence-corrected chi connectivity index (χ3v) is 2.44. The van der Waals surface area contributed by atoms with Crippen molar-refractivity contribution in [2.45, 2.75) is 6.18 Å². The summed E-state index contributed by atoms with van der Waals surface area (Å²) in [5.74, 6) is -0.224. The second kappa shape index (κ2) is 4.21. The van der Waals surface area contributed by atoms with E-state index < -0.39 is 11.7 Å². The summed E-state index contributed by atoms with van der Waals surface area (Å²) in [5.41, 5.74) is 5.63. The van der Waals surface area contributed by atoms with Gasteiger partial charge in [-0.25, -0.2) is 4.98 Å². The highest BCUT2D eigenvalue weighted by Gasteiger charge is 2.29. The number of nitrogens with zero attached hydrogens (tertiary/aromatic N) is 1. The second-order valence-corrected chi connectivity index (χ2v) is 3.70. The SMILES string of the molecule is Nc1ncc(-c2ccc(C(F)(F)F)cc2)cc1O. The van der Waals surface area contributed by atoms with Gasteiger partial charge in [-0.15, -0.1) is 0 Å². The third kappa shape index (κ3) is 2.37. The molecule has 0 spiro atoms. The summed E-state index contributed by atoms with van der Waals surface area (Å²) < 4.78 is 37.1. The van der Waals surface area contributed by atoms with Gasteiger partial charge in [0.2, 0.25) is 0 Å². The van der Waals surface area contributed by atoms with Gasteiger partial charge >= 0.3 is 6.18 Å². The van der Waals surface area contributed by atoms with Crippen molar-refractivity contribution in [3.63, 3.8) is 0 Å². The van der Waals surface area contributed by atoms with Crippen LogP contribution in [-0.2, 0) is 6.18 Å². The molecule has 3 N–H and O–H groups in total. The molecule has 2 aromatic rings. The van der Waals surface area contributed by atoms with E-state index in [0.29, 0.717) is 11.1 Å². The zero-order valence-electron chi connectivity index (χ0n) is 9.07. The molecule has 2 rings (SSSR count). The Bertz CT molecular complexity index is 565. The van der Waals surface area contributed by atoms with Crippen LogP contribution in [0.25, 0.3) is 11.1 Å². The van der Waals surface area contributed by atoms with Crippen molar-refractivity contribution in [2.24, 2.45) is 0 Å². The summed E-state index contributed by atoms with van der Waals surface area (Å²) in [6.07, 6.45) is -2.97. The minimum absolute atomic E-state index is 0.0225. The number of nitrogen functional groups attached to an aromatic ring is 1. The predicted molar refractivity (Wildman–Crippen MR) is 60.8 cm³/mol. The van der Waals surface area contributed by atoms with Crippen molar-refractivity contribution in [1.29, 1.82) is 0 Å². The van der Waals surface area contributed by atoms with E-state index in [1.54, 1.807) is 0 Å². The molecule has 0 radical (unpaired) electrons. The summed E-state index contributed by atoms with van der Waals surface area (Å²) >= 11 is 0. The van der Waals surface area contributed by atoms with Gasteiger partial charge in [0.1, 0.15) is 0 Å². The van der Waals surface area contributed by atoms with Gasteiger partial charge in [0.25, 0.3) is 0 Å². The minimum atomic E-state index is -4.36. The van der Waals surface area contributed by atoms with Gasteiger partial charge in [0, 0.05) is 11.8 Å². The normalized spacial score (nSPS) is 11.5. The van der Waals surface area contributed by atoms with Crippen LogP contribution in [0.4, 0.5) is 19.0 Å². The summed E-state index contributed by atoms with van der Waals surface area (Å²) in [6, 6.07) is 5.93. The van der Waals surface area contributed by atoms with Crippen LogP contribution in [-0.4, -0.2) is 10.1 Å². The zero-order valence-corrected chi connectivity index (χ0v) is 9.07. The molecule has 0 amide bonds. The molecule has 0 aliphatic carbocycles. The van der Waals surface area contributed by atoms with E-state index in [2.05, 4.69) is 4.98 Å². The summed E-state index contributed by atoms with van der Waals surface area (Å²) in [4.78, 5) is 3.73. The number of halogens is 3. The van der Waals surface area contributed by atoms with Crippen LogP contribution in [0, 0.1) is 0 Å². The first kappa shape index (κ1) is 12.2. The van der Waals surface area contributed by atoms with E-state index in [0.717, 1.165) is 12.1 Å². The fourth-order valence-electron chi connectivity index (χ4n) is 1.47. The van der Waals surface area contributed by atoms with E-state index in [1.165, 1.54) is 24.4 Å². The maximum absolute atomic E-state index is 12.4. The molecule has 0 unspecified atom stereocenters. The van der Waals surface area contributed by atoms with Crippen molar-refractivity contribution < 1.29 is 18.3 Å².